The number of aliphatic hydroxyl groups is 1. The number of halogens is 1. The van der Waals surface area contributed by atoms with Crippen molar-refractivity contribution in [2.75, 3.05) is 30.4 Å². The summed E-state index contributed by atoms with van der Waals surface area (Å²) in [4.78, 5) is 26.9. The number of carbonyl (C=O) groups is 2. The Kier molecular flexibility index (Phi) is 5.55. The molecule has 4 N–H and O–H groups in total. The fraction of sp³-hybridized carbons (Fsp3) is 0.579. The lowest BCUT2D eigenvalue weighted by Gasteiger charge is -2.33. The number of benzene rings is 1. The Balaban J connectivity index is 1.64. The van der Waals surface area contributed by atoms with Gasteiger partial charge >= 0.3 is 6.03 Å². The maximum atomic E-state index is 14.6. The molecule has 1 aliphatic heterocycles. The number of carbonyl (C=O) groups excluding carboxylic acids is 2. The number of nitrogens with zero attached hydrogens (tertiary/aromatic N) is 2. The summed E-state index contributed by atoms with van der Waals surface area (Å²) >= 11 is 0. The van der Waals surface area contributed by atoms with E-state index in [-0.39, 0.29) is 19.5 Å². The Labute approximate surface area is 158 Å². The summed E-state index contributed by atoms with van der Waals surface area (Å²) in [7, 11) is 1.90. The van der Waals surface area contributed by atoms with Crippen LogP contribution in [0.1, 0.15) is 38.5 Å². The molecule has 1 unspecified atom stereocenters. The van der Waals surface area contributed by atoms with Gasteiger partial charge in [-0.1, -0.05) is 19.3 Å². The molecule has 148 valence electrons. The fourth-order valence-electron chi connectivity index (χ4n) is 3.91. The average molecular weight is 378 g/mol. The minimum absolute atomic E-state index is 0.0925. The van der Waals surface area contributed by atoms with E-state index in [0.29, 0.717) is 17.4 Å². The molecule has 0 bridgehead atoms. The predicted molar refractivity (Wildman–Crippen MR) is 101 cm³/mol. The summed E-state index contributed by atoms with van der Waals surface area (Å²) in [6.45, 7) is 0.0371. The molecule has 8 heteroatoms. The van der Waals surface area contributed by atoms with Gasteiger partial charge in [0, 0.05) is 31.7 Å². The van der Waals surface area contributed by atoms with E-state index in [2.05, 4.69) is 5.32 Å². The molecular formula is C19H27FN4O3. The number of nitrogens with one attached hydrogen (secondary N) is 1. The van der Waals surface area contributed by atoms with Crippen LogP contribution in [0.2, 0.25) is 0 Å². The molecule has 0 radical (unpaired) electrons. The van der Waals surface area contributed by atoms with E-state index >= 15 is 0 Å². The number of likely N-dealkylation sites (tertiary alicyclic amines) is 1. The van der Waals surface area contributed by atoms with Gasteiger partial charge in [-0.15, -0.1) is 0 Å². The molecule has 1 aliphatic carbocycles. The minimum atomic E-state index is -1.70. The second kappa shape index (κ2) is 7.72. The molecule has 1 heterocycles. The van der Waals surface area contributed by atoms with Crippen molar-refractivity contribution in [1.29, 1.82) is 0 Å². The van der Waals surface area contributed by atoms with Crippen molar-refractivity contribution < 1.29 is 19.1 Å². The van der Waals surface area contributed by atoms with Gasteiger partial charge in [-0.05, 0) is 31.0 Å². The number of rotatable bonds is 4. The van der Waals surface area contributed by atoms with Crippen molar-refractivity contribution in [3.05, 3.63) is 24.0 Å². The first-order valence-corrected chi connectivity index (χ1v) is 9.41. The summed E-state index contributed by atoms with van der Waals surface area (Å²) in [5.74, 6) is -1.24. The first kappa shape index (κ1) is 19.4. The number of anilines is 2. The zero-order chi connectivity index (χ0) is 19.6. The standard InChI is InChI=1S/C19H27FN4O3/c1-23(14-5-3-2-4-6-14)16-8-7-13(11-15(16)20)22-18(26)24-10-9-19(27,12-24)17(21)25/h7-8,11,14,27H,2-6,9-10,12H2,1H3,(H2,21,25)(H,22,26). The Morgan fingerprint density at radius 2 is 2.04 bits per heavy atom. The van der Waals surface area contributed by atoms with Crippen LogP contribution in [0.4, 0.5) is 20.6 Å². The molecule has 7 nitrogen and oxygen atoms in total. The van der Waals surface area contributed by atoms with Crippen molar-refractivity contribution in [3.63, 3.8) is 0 Å². The van der Waals surface area contributed by atoms with Crippen LogP contribution in [-0.2, 0) is 4.79 Å². The van der Waals surface area contributed by atoms with Crippen LogP contribution in [0.3, 0.4) is 0 Å². The van der Waals surface area contributed by atoms with E-state index in [1.165, 1.54) is 17.4 Å². The maximum absolute atomic E-state index is 14.6. The number of urea groups is 1. The number of β-amino-alcohol motifs (C(OH)–C–C–N with tert-alkyl or cyclic N) is 1. The number of hydrogen-bond donors (Lipinski definition) is 3. The second-order valence-corrected chi connectivity index (χ2v) is 7.57. The fourth-order valence-corrected chi connectivity index (χ4v) is 3.91. The van der Waals surface area contributed by atoms with Crippen molar-refractivity contribution >= 4 is 23.3 Å². The Morgan fingerprint density at radius 3 is 2.63 bits per heavy atom. The van der Waals surface area contributed by atoms with Crippen LogP contribution >= 0.6 is 0 Å². The van der Waals surface area contributed by atoms with Crippen LogP contribution in [-0.4, -0.2) is 53.7 Å². The van der Waals surface area contributed by atoms with Gasteiger partial charge in [0.05, 0.1) is 12.2 Å². The molecule has 1 saturated heterocycles. The van der Waals surface area contributed by atoms with E-state index in [9.17, 15) is 19.1 Å². The lowest BCUT2D eigenvalue weighted by atomic mass is 9.94. The Bertz CT molecular complexity index is 723. The highest BCUT2D eigenvalue weighted by Gasteiger charge is 2.43. The third-order valence-corrected chi connectivity index (χ3v) is 5.69. The molecule has 3 amide bonds. The third-order valence-electron chi connectivity index (χ3n) is 5.69. The third kappa shape index (κ3) is 4.16. The molecule has 1 aromatic carbocycles. The van der Waals surface area contributed by atoms with Crippen LogP contribution in [0.5, 0.6) is 0 Å². The summed E-state index contributed by atoms with van der Waals surface area (Å²) in [6.07, 6.45) is 5.78. The summed E-state index contributed by atoms with van der Waals surface area (Å²) < 4.78 is 14.6. The Hall–Kier alpha value is -2.35. The highest BCUT2D eigenvalue weighted by Crippen LogP contribution is 2.29. The summed E-state index contributed by atoms with van der Waals surface area (Å²) in [5, 5.41) is 12.7. The van der Waals surface area contributed by atoms with Crippen molar-refractivity contribution in [2.45, 2.75) is 50.2 Å². The SMILES string of the molecule is CN(c1ccc(NC(=O)N2CCC(O)(C(N)=O)C2)cc1F)C1CCCCC1. The van der Waals surface area contributed by atoms with Crippen LogP contribution < -0.4 is 16.0 Å². The van der Waals surface area contributed by atoms with Gasteiger partial charge in [0.2, 0.25) is 0 Å². The van der Waals surface area contributed by atoms with Gasteiger partial charge in [0.15, 0.2) is 5.60 Å². The Morgan fingerprint density at radius 1 is 1.33 bits per heavy atom. The summed E-state index contributed by atoms with van der Waals surface area (Å²) in [6, 6.07) is 4.46. The molecule has 2 fully saturated rings. The lowest BCUT2D eigenvalue weighted by Crippen LogP contribution is -2.47. The van der Waals surface area contributed by atoms with Gasteiger partial charge in [0.25, 0.3) is 5.91 Å². The van der Waals surface area contributed by atoms with Gasteiger partial charge in [-0.2, -0.15) is 0 Å². The van der Waals surface area contributed by atoms with E-state index in [1.807, 2.05) is 11.9 Å². The van der Waals surface area contributed by atoms with Gasteiger partial charge in [0.1, 0.15) is 5.82 Å². The van der Waals surface area contributed by atoms with Crippen LogP contribution in [0.25, 0.3) is 0 Å². The highest BCUT2D eigenvalue weighted by atomic mass is 19.1. The number of primary amides is 1. The van der Waals surface area contributed by atoms with Gasteiger partial charge < -0.3 is 26.0 Å². The quantitative estimate of drug-likeness (QED) is 0.747. The molecule has 1 saturated carbocycles. The van der Waals surface area contributed by atoms with E-state index in [4.69, 9.17) is 5.73 Å². The molecule has 0 aromatic heterocycles. The normalized spacial score (nSPS) is 23.3. The average Bonchev–Trinajstić information content (AvgIpc) is 3.06. The van der Waals surface area contributed by atoms with Crippen molar-refractivity contribution in [2.24, 2.45) is 5.73 Å². The molecule has 3 rings (SSSR count). The molecule has 27 heavy (non-hydrogen) atoms. The zero-order valence-electron chi connectivity index (χ0n) is 15.6. The van der Waals surface area contributed by atoms with E-state index < -0.39 is 23.4 Å². The van der Waals surface area contributed by atoms with Crippen LogP contribution in [0.15, 0.2) is 18.2 Å². The number of nitrogens with two attached hydrogens (primary N) is 1. The largest absolute Gasteiger partial charge is 0.378 e. The zero-order valence-corrected chi connectivity index (χ0v) is 15.6. The molecule has 0 spiro atoms. The molecular weight excluding hydrogens is 351 g/mol. The second-order valence-electron chi connectivity index (χ2n) is 7.57. The van der Waals surface area contributed by atoms with Crippen molar-refractivity contribution in [1.82, 2.24) is 4.90 Å². The lowest BCUT2D eigenvalue weighted by molar-refractivity contribution is -0.134. The first-order chi connectivity index (χ1) is 12.8. The smallest absolute Gasteiger partial charge is 0.321 e. The molecule has 2 aliphatic rings. The minimum Gasteiger partial charge on any atom is -0.378 e. The summed E-state index contributed by atoms with van der Waals surface area (Å²) in [5.41, 5.74) is 4.32. The monoisotopic (exact) mass is 378 g/mol. The maximum Gasteiger partial charge on any atom is 0.321 e. The number of hydrogen-bond acceptors (Lipinski definition) is 4. The van der Waals surface area contributed by atoms with Gasteiger partial charge in [-0.25, -0.2) is 9.18 Å². The van der Waals surface area contributed by atoms with E-state index in [1.54, 1.807) is 12.1 Å². The highest BCUT2D eigenvalue weighted by molar-refractivity contribution is 5.91. The van der Waals surface area contributed by atoms with Gasteiger partial charge in [-0.3, -0.25) is 4.79 Å². The van der Waals surface area contributed by atoms with Crippen LogP contribution in [0, 0.1) is 5.82 Å². The number of amides is 3. The topological polar surface area (TPSA) is 98.9 Å². The van der Waals surface area contributed by atoms with E-state index in [0.717, 1.165) is 25.7 Å². The predicted octanol–water partition coefficient (Wildman–Crippen LogP) is 2.05. The first-order valence-electron chi connectivity index (χ1n) is 9.41. The molecule has 1 aromatic rings. The molecule has 1 atom stereocenters. The van der Waals surface area contributed by atoms with Crippen molar-refractivity contribution in [3.8, 4) is 0 Å².